The van der Waals surface area contributed by atoms with E-state index in [1.165, 1.54) is 23.0 Å². The first-order valence-corrected chi connectivity index (χ1v) is 18.6. The second kappa shape index (κ2) is 16.3. The van der Waals surface area contributed by atoms with Gasteiger partial charge in [0.25, 0.3) is 15.7 Å². The lowest BCUT2D eigenvalue weighted by Gasteiger charge is -2.23. The van der Waals surface area contributed by atoms with Gasteiger partial charge in [0, 0.05) is 12.6 Å². The third-order valence-corrected chi connectivity index (χ3v) is 8.58. The van der Waals surface area contributed by atoms with Crippen molar-refractivity contribution < 1.29 is 55.4 Å². The quantitative estimate of drug-likeness (QED) is 0.158. The molecule has 302 valence electrons. The molecule has 0 radical (unpaired) electrons. The molecule has 3 aromatic rings. The average molecular weight is 794 g/mol. The minimum atomic E-state index is -4.08. The van der Waals surface area contributed by atoms with Crippen LogP contribution >= 0.6 is 0 Å². The Labute approximate surface area is 317 Å². The monoisotopic (exact) mass is 793 g/mol. The number of ether oxygens (including phenoxy) is 6. The second-order valence-electron chi connectivity index (χ2n) is 15.6. The van der Waals surface area contributed by atoms with E-state index in [2.05, 4.69) is 10.3 Å². The summed E-state index contributed by atoms with van der Waals surface area (Å²) in [5, 5.41) is 7.96. The van der Waals surface area contributed by atoms with Crippen LogP contribution in [0.25, 0.3) is 11.3 Å². The van der Waals surface area contributed by atoms with Crippen LogP contribution in [0, 0.1) is 6.92 Å². The average Bonchev–Trinajstić information content (AvgIpc) is 3.64. The Balaban J connectivity index is 1.67. The lowest BCUT2D eigenvalue weighted by molar-refractivity contribution is -0.0824. The predicted octanol–water partition coefficient (Wildman–Crippen LogP) is 4.33. The summed E-state index contributed by atoms with van der Waals surface area (Å²) in [5.41, 5.74) is -4.74. The van der Waals surface area contributed by atoms with Gasteiger partial charge in [0.1, 0.15) is 47.5 Å². The molecular weight excluding hydrogens is 746 g/mol. The molecule has 1 aromatic carbocycles. The molecule has 1 saturated heterocycles. The Morgan fingerprint density at radius 1 is 0.873 bits per heavy atom. The van der Waals surface area contributed by atoms with Crippen molar-refractivity contribution in [1.29, 1.82) is 0 Å². The summed E-state index contributed by atoms with van der Waals surface area (Å²) in [6, 6.07) is 6.09. The third-order valence-electron chi connectivity index (χ3n) is 7.26. The lowest BCUT2D eigenvalue weighted by Crippen LogP contribution is -2.47. The van der Waals surface area contributed by atoms with Crippen molar-refractivity contribution in [3.05, 3.63) is 63.1 Å². The number of benzene rings is 1. The Bertz CT molecular complexity index is 2100. The fraction of sp³-hybridized carbons (Fsp3) is 0.571. The van der Waals surface area contributed by atoms with Gasteiger partial charge in [-0.2, -0.15) is 13.0 Å². The molecule has 0 saturated carbocycles. The highest BCUT2D eigenvalue weighted by atomic mass is 32.2. The molecule has 20 heteroatoms. The van der Waals surface area contributed by atoms with E-state index < -0.39 is 81.6 Å². The van der Waals surface area contributed by atoms with Crippen LogP contribution < -0.4 is 11.2 Å². The maximum absolute atomic E-state index is 13.9. The maximum atomic E-state index is 13.9. The Morgan fingerprint density at radius 3 is 2.07 bits per heavy atom. The van der Waals surface area contributed by atoms with Gasteiger partial charge in [0.05, 0.1) is 29.8 Å². The summed E-state index contributed by atoms with van der Waals surface area (Å²) in [7, 11) is -4.08. The maximum Gasteiger partial charge on any atom is 0.509 e. The topological polar surface area (TPSA) is 225 Å². The molecule has 0 N–H and O–H groups in total. The first-order chi connectivity index (χ1) is 25.3. The van der Waals surface area contributed by atoms with Crippen molar-refractivity contribution in [3.8, 4) is 11.3 Å². The molecule has 1 fully saturated rings. The van der Waals surface area contributed by atoms with Gasteiger partial charge >= 0.3 is 24.1 Å². The molecule has 0 bridgehead atoms. The molecule has 55 heavy (non-hydrogen) atoms. The van der Waals surface area contributed by atoms with Crippen LogP contribution in [-0.4, -0.2) is 93.2 Å². The Kier molecular flexibility index (Phi) is 12.7. The summed E-state index contributed by atoms with van der Waals surface area (Å²) in [6.45, 7) is 15.3. The largest absolute Gasteiger partial charge is 0.509 e. The molecule has 0 spiro atoms. The molecule has 1 aliphatic rings. The van der Waals surface area contributed by atoms with E-state index in [0.29, 0.717) is 0 Å². The molecule has 0 amide bonds. The highest BCUT2D eigenvalue weighted by Gasteiger charge is 2.42. The molecule has 0 aliphatic carbocycles. The van der Waals surface area contributed by atoms with Gasteiger partial charge in [-0.05, 0) is 81.4 Å². The number of nitrogens with zero attached hydrogens (tertiary/aromatic N) is 5. The summed E-state index contributed by atoms with van der Waals surface area (Å²) in [4.78, 5) is 66.1. The minimum absolute atomic E-state index is 0.0335. The number of hydrogen-bond donors (Lipinski definition) is 0. The number of hydrogen-bond acceptors (Lipinski definition) is 16. The summed E-state index contributed by atoms with van der Waals surface area (Å²) < 4.78 is 65.5. The van der Waals surface area contributed by atoms with E-state index in [4.69, 9.17) is 32.6 Å². The van der Waals surface area contributed by atoms with Crippen molar-refractivity contribution in [2.45, 2.75) is 122 Å². The Morgan fingerprint density at radius 2 is 1.47 bits per heavy atom. The number of carbonyl (C=O) groups is 3. The van der Waals surface area contributed by atoms with Crippen LogP contribution in [0.1, 0.15) is 80.5 Å². The molecule has 4 rings (SSSR count). The molecule has 19 nitrogen and oxygen atoms in total. The van der Waals surface area contributed by atoms with Crippen molar-refractivity contribution in [1.82, 2.24) is 24.1 Å². The third kappa shape index (κ3) is 12.0. The smallest absolute Gasteiger partial charge is 0.443 e. The van der Waals surface area contributed by atoms with Gasteiger partial charge in [0.15, 0.2) is 0 Å². The zero-order chi connectivity index (χ0) is 41.1. The summed E-state index contributed by atoms with van der Waals surface area (Å²) >= 11 is 0. The van der Waals surface area contributed by atoms with Gasteiger partial charge < -0.3 is 28.4 Å². The molecule has 1 aliphatic heterocycles. The van der Waals surface area contributed by atoms with E-state index in [1.807, 2.05) is 6.92 Å². The standard InChI is InChI=1S/C35H47N5O14S/c1-21-11-13-22(14-12-21)55(46,47)49-16-15-38-19-24(36-37-38)23-18-39(29(42)40(28(23)41)30(43)52-33(2,3)4)27-17-25(51-32(45)54-35(8,9)10)26(50-27)20-48-31(44)53-34(5,6)7/h11-14,18-19,25-27H,15-17,20H2,1-10H3/t25-,26+,27+/m0/s1. The predicted molar refractivity (Wildman–Crippen MR) is 192 cm³/mol. The van der Waals surface area contributed by atoms with Crippen molar-refractivity contribution >= 4 is 28.5 Å². The number of carbonyl (C=O) groups excluding carboxylic acids is 3. The SMILES string of the molecule is Cc1ccc(S(=O)(=O)OCCn2cc(-c3cn([C@H]4C[C@H](OC(=O)OC(C)(C)C)[C@@H](COC(=O)OC(C)(C)C)O4)c(=O)n(C(=O)OC(C)(C)C)c3=O)nn2)cc1. The fourth-order valence-electron chi connectivity index (χ4n) is 4.94. The van der Waals surface area contributed by atoms with Crippen LogP contribution in [0.5, 0.6) is 0 Å². The summed E-state index contributed by atoms with van der Waals surface area (Å²) in [5.74, 6) is 0. The van der Waals surface area contributed by atoms with E-state index in [1.54, 1.807) is 74.4 Å². The zero-order valence-electron chi connectivity index (χ0n) is 32.4. The number of aryl methyl sites for hydroxylation is 1. The first kappa shape index (κ1) is 42.7. The van der Waals surface area contributed by atoms with Crippen LogP contribution in [-0.2, 0) is 49.3 Å². The normalized spacial score (nSPS) is 17.7. The number of aromatic nitrogens is 5. The van der Waals surface area contributed by atoms with Crippen LogP contribution in [0.2, 0.25) is 0 Å². The van der Waals surface area contributed by atoms with Gasteiger partial charge in [-0.3, -0.25) is 13.5 Å². The lowest BCUT2D eigenvalue weighted by atomic mass is 10.2. The molecule has 0 unspecified atom stereocenters. The fourth-order valence-corrected chi connectivity index (χ4v) is 5.84. The van der Waals surface area contributed by atoms with Crippen LogP contribution in [0.3, 0.4) is 0 Å². The van der Waals surface area contributed by atoms with E-state index in [0.717, 1.165) is 16.3 Å². The van der Waals surface area contributed by atoms with Crippen LogP contribution in [0.15, 0.2) is 51.1 Å². The van der Waals surface area contributed by atoms with Gasteiger partial charge in [-0.15, -0.1) is 5.10 Å². The van der Waals surface area contributed by atoms with Crippen molar-refractivity contribution in [2.75, 3.05) is 13.2 Å². The first-order valence-electron chi connectivity index (χ1n) is 17.2. The highest BCUT2D eigenvalue weighted by Crippen LogP contribution is 2.32. The van der Waals surface area contributed by atoms with Gasteiger partial charge in [-0.1, -0.05) is 22.9 Å². The van der Waals surface area contributed by atoms with E-state index >= 15 is 0 Å². The number of rotatable bonds is 10. The highest BCUT2D eigenvalue weighted by molar-refractivity contribution is 7.86. The van der Waals surface area contributed by atoms with Gasteiger partial charge in [0.2, 0.25) is 0 Å². The summed E-state index contributed by atoms with van der Waals surface area (Å²) in [6.07, 6.45) is -4.89. The minimum Gasteiger partial charge on any atom is -0.443 e. The molecule has 2 aromatic heterocycles. The second-order valence-corrected chi connectivity index (χ2v) is 17.2. The van der Waals surface area contributed by atoms with Gasteiger partial charge in [-0.25, -0.2) is 23.9 Å². The zero-order valence-corrected chi connectivity index (χ0v) is 33.2. The van der Waals surface area contributed by atoms with Crippen LogP contribution in [0.4, 0.5) is 14.4 Å². The molecule has 3 heterocycles. The van der Waals surface area contributed by atoms with E-state index in [-0.39, 0.29) is 40.3 Å². The molecular formula is C35H47N5O14S. The van der Waals surface area contributed by atoms with Crippen molar-refractivity contribution in [3.63, 3.8) is 0 Å². The molecule has 3 atom stereocenters. The van der Waals surface area contributed by atoms with E-state index in [9.17, 15) is 32.4 Å². The Hall–Kier alpha value is -5.08. The van der Waals surface area contributed by atoms with Crippen molar-refractivity contribution in [2.24, 2.45) is 0 Å².